The van der Waals surface area contributed by atoms with Gasteiger partial charge in [0.05, 0.1) is 17.0 Å². The molecule has 2 heterocycles. The number of rotatable bonds is 4. The summed E-state index contributed by atoms with van der Waals surface area (Å²) in [6, 6.07) is 1.82. The van der Waals surface area contributed by atoms with E-state index in [1.54, 1.807) is 11.7 Å². The lowest BCUT2D eigenvalue weighted by atomic mass is 10.3. The topological polar surface area (TPSA) is 75.4 Å². The molecule has 0 spiro atoms. The molecule has 2 aromatic rings. The second kappa shape index (κ2) is 5.00. The molecule has 0 atom stereocenters. The molecule has 0 fully saturated rings. The van der Waals surface area contributed by atoms with Crippen molar-refractivity contribution in [3.63, 3.8) is 0 Å². The van der Waals surface area contributed by atoms with Crippen molar-refractivity contribution in [2.24, 2.45) is 7.05 Å². The molecule has 0 saturated carbocycles. The Morgan fingerprint density at radius 1 is 1.53 bits per heavy atom. The van der Waals surface area contributed by atoms with Crippen LogP contribution in [0.5, 0.6) is 0 Å². The van der Waals surface area contributed by atoms with Crippen molar-refractivity contribution in [1.82, 2.24) is 14.7 Å². The molecule has 0 aliphatic heterocycles. The van der Waals surface area contributed by atoms with Crippen LogP contribution in [0.25, 0.3) is 10.2 Å². The lowest BCUT2D eigenvalue weighted by molar-refractivity contribution is -0.137. The minimum Gasteiger partial charge on any atom is -0.481 e. The van der Waals surface area contributed by atoms with Gasteiger partial charge in [-0.25, -0.2) is 0 Å². The molecule has 19 heavy (non-hydrogen) atoms. The number of amides is 1. The van der Waals surface area contributed by atoms with Gasteiger partial charge < -0.3 is 10.0 Å². The maximum absolute atomic E-state index is 12.2. The standard InChI is InChI=1S/C12H15N3O3S/c1-7-8-6-9(19-12(8)15(3)13-7)11(18)14(2)5-4-10(16)17/h6H,4-5H2,1-3H3,(H,16,17). The molecule has 1 N–H and O–H groups in total. The summed E-state index contributed by atoms with van der Waals surface area (Å²) in [6.07, 6.45) is -0.0479. The van der Waals surface area contributed by atoms with Crippen LogP contribution in [-0.4, -0.2) is 45.3 Å². The second-order valence-electron chi connectivity index (χ2n) is 4.41. The van der Waals surface area contributed by atoms with Crippen LogP contribution in [0.2, 0.25) is 0 Å². The Bertz CT molecular complexity index is 609. The fraction of sp³-hybridized carbons (Fsp3) is 0.417. The molecule has 0 unspecified atom stereocenters. The summed E-state index contributed by atoms with van der Waals surface area (Å²) in [5, 5.41) is 13.9. The number of carbonyl (C=O) groups excluding carboxylic acids is 1. The van der Waals surface area contributed by atoms with Crippen LogP contribution in [0.3, 0.4) is 0 Å². The second-order valence-corrected chi connectivity index (χ2v) is 5.44. The Morgan fingerprint density at radius 3 is 2.79 bits per heavy atom. The predicted molar refractivity (Wildman–Crippen MR) is 72.5 cm³/mol. The molecule has 0 aromatic carbocycles. The maximum atomic E-state index is 12.2. The maximum Gasteiger partial charge on any atom is 0.305 e. The third kappa shape index (κ3) is 2.60. The van der Waals surface area contributed by atoms with Gasteiger partial charge in [-0.2, -0.15) is 5.10 Å². The minimum atomic E-state index is -0.906. The first-order valence-electron chi connectivity index (χ1n) is 5.80. The average Bonchev–Trinajstić information content (AvgIpc) is 2.88. The molecule has 6 nitrogen and oxygen atoms in total. The summed E-state index contributed by atoms with van der Waals surface area (Å²) in [4.78, 5) is 25.7. The van der Waals surface area contributed by atoms with E-state index in [2.05, 4.69) is 5.10 Å². The van der Waals surface area contributed by atoms with Crippen LogP contribution in [0.4, 0.5) is 0 Å². The number of hydrogen-bond acceptors (Lipinski definition) is 4. The largest absolute Gasteiger partial charge is 0.481 e. The third-order valence-electron chi connectivity index (χ3n) is 2.91. The van der Waals surface area contributed by atoms with Crippen LogP contribution in [-0.2, 0) is 11.8 Å². The number of carboxylic acids is 1. The van der Waals surface area contributed by atoms with E-state index in [0.717, 1.165) is 15.9 Å². The molecule has 2 aromatic heterocycles. The molecular formula is C12H15N3O3S. The third-order valence-corrected chi connectivity index (χ3v) is 4.10. The molecular weight excluding hydrogens is 266 g/mol. The van der Waals surface area contributed by atoms with E-state index in [1.807, 2.05) is 20.0 Å². The number of fused-ring (bicyclic) bond motifs is 1. The van der Waals surface area contributed by atoms with Gasteiger partial charge in [0.1, 0.15) is 4.83 Å². The molecule has 0 aliphatic rings. The Hall–Kier alpha value is -1.89. The van der Waals surface area contributed by atoms with E-state index in [9.17, 15) is 9.59 Å². The van der Waals surface area contributed by atoms with E-state index in [0.29, 0.717) is 4.88 Å². The lowest BCUT2D eigenvalue weighted by Crippen LogP contribution is -2.28. The number of carbonyl (C=O) groups is 2. The van der Waals surface area contributed by atoms with Crippen LogP contribution >= 0.6 is 11.3 Å². The molecule has 0 radical (unpaired) electrons. The zero-order valence-electron chi connectivity index (χ0n) is 11.0. The van der Waals surface area contributed by atoms with Crippen molar-refractivity contribution < 1.29 is 14.7 Å². The van der Waals surface area contributed by atoms with Gasteiger partial charge in [-0.15, -0.1) is 11.3 Å². The smallest absolute Gasteiger partial charge is 0.305 e. The van der Waals surface area contributed by atoms with Gasteiger partial charge in [0.15, 0.2) is 0 Å². The minimum absolute atomic E-state index is 0.0479. The van der Waals surface area contributed by atoms with Gasteiger partial charge in [-0.3, -0.25) is 14.3 Å². The van der Waals surface area contributed by atoms with Gasteiger partial charge in [0.2, 0.25) is 0 Å². The van der Waals surface area contributed by atoms with Gasteiger partial charge in [0.25, 0.3) is 5.91 Å². The number of aromatic nitrogens is 2. The highest BCUT2D eigenvalue weighted by Crippen LogP contribution is 2.28. The summed E-state index contributed by atoms with van der Waals surface area (Å²) in [5.74, 6) is -1.06. The zero-order valence-corrected chi connectivity index (χ0v) is 11.8. The summed E-state index contributed by atoms with van der Waals surface area (Å²) in [5.41, 5.74) is 0.890. The first kappa shape index (κ1) is 13.5. The first-order chi connectivity index (χ1) is 8.90. The van der Waals surface area contributed by atoms with Gasteiger partial charge >= 0.3 is 5.97 Å². The Labute approximate surface area is 114 Å². The summed E-state index contributed by atoms with van der Waals surface area (Å²) in [7, 11) is 3.45. The highest BCUT2D eigenvalue weighted by atomic mass is 32.1. The summed E-state index contributed by atoms with van der Waals surface area (Å²) >= 11 is 1.38. The fourth-order valence-corrected chi connectivity index (χ4v) is 2.98. The number of thiophene rings is 1. The quantitative estimate of drug-likeness (QED) is 0.921. The van der Waals surface area contributed by atoms with E-state index >= 15 is 0 Å². The average molecular weight is 281 g/mol. The molecule has 0 aliphatic carbocycles. The van der Waals surface area contributed by atoms with Crippen molar-refractivity contribution in [3.05, 3.63) is 16.6 Å². The number of aryl methyl sites for hydroxylation is 2. The fourth-order valence-electron chi connectivity index (χ4n) is 1.86. The van der Waals surface area contributed by atoms with E-state index in [1.165, 1.54) is 16.2 Å². The summed E-state index contributed by atoms with van der Waals surface area (Å²) < 4.78 is 1.75. The van der Waals surface area contributed by atoms with Crippen molar-refractivity contribution in [3.8, 4) is 0 Å². The zero-order chi connectivity index (χ0) is 14.2. The van der Waals surface area contributed by atoms with Gasteiger partial charge in [0, 0.05) is 26.0 Å². The number of nitrogens with zero attached hydrogens (tertiary/aromatic N) is 3. The summed E-state index contributed by atoms with van der Waals surface area (Å²) in [6.45, 7) is 2.11. The van der Waals surface area contributed by atoms with Crippen molar-refractivity contribution in [1.29, 1.82) is 0 Å². The van der Waals surface area contributed by atoms with Crippen LogP contribution in [0.15, 0.2) is 6.07 Å². The normalized spacial score (nSPS) is 10.9. The monoisotopic (exact) mass is 281 g/mol. The first-order valence-corrected chi connectivity index (χ1v) is 6.62. The van der Waals surface area contributed by atoms with Crippen LogP contribution < -0.4 is 0 Å². The number of hydrogen-bond donors (Lipinski definition) is 1. The van der Waals surface area contributed by atoms with E-state index < -0.39 is 5.97 Å². The Kier molecular flexibility index (Phi) is 3.57. The number of aliphatic carboxylic acids is 1. The van der Waals surface area contributed by atoms with Crippen molar-refractivity contribution >= 4 is 33.4 Å². The predicted octanol–water partition coefficient (Wildman–Crippen LogP) is 1.49. The van der Waals surface area contributed by atoms with E-state index in [-0.39, 0.29) is 18.9 Å². The molecule has 102 valence electrons. The highest BCUT2D eigenvalue weighted by Gasteiger charge is 2.18. The Morgan fingerprint density at radius 2 is 2.21 bits per heavy atom. The van der Waals surface area contributed by atoms with Crippen molar-refractivity contribution in [2.75, 3.05) is 13.6 Å². The lowest BCUT2D eigenvalue weighted by Gasteiger charge is -2.14. The van der Waals surface area contributed by atoms with Crippen molar-refractivity contribution in [2.45, 2.75) is 13.3 Å². The highest BCUT2D eigenvalue weighted by molar-refractivity contribution is 7.20. The Balaban J connectivity index is 2.21. The molecule has 1 amide bonds. The molecule has 0 saturated heterocycles. The molecule has 7 heteroatoms. The van der Waals surface area contributed by atoms with Gasteiger partial charge in [-0.1, -0.05) is 0 Å². The SMILES string of the molecule is Cc1nn(C)c2sc(C(=O)N(C)CCC(=O)O)cc12. The van der Waals surface area contributed by atoms with Gasteiger partial charge in [-0.05, 0) is 13.0 Å². The van der Waals surface area contributed by atoms with Crippen LogP contribution in [0.1, 0.15) is 21.8 Å². The van der Waals surface area contributed by atoms with Crippen LogP contribution in [0, 0.1) is 6.92 Å². The molecule has 0 bridgehead atoms. The van der Waals surface area contributed by atoms with E-state index in [4.69, 9.17) is 5.11 Å². The number of carboxylic acid groups (broad SMARTS) is 1. The molecule has 2 rings (SSSR count).